The number of carbonyl (C=O) groups excluding carboxylic acids is 2. The fourth-order valence-corrected chi connectivity index (χ4v) is 0.829. The highest BCUT2D eigenvalue weighted by Crippen LogP contribution is 2.10. The molecule has 0 spiro atoms. The molecule has 0 unspecified atom stereocenters. The molecule has 4 heteroatoms. The lowest BCUT2D eigenvalue weighted by Gasteiger charge is -2.08. The Morgan fingerprint density at radius 3 is 2.31 bits per heavy atom. The number of ether oxygens (including phenoxy) is 1. The van der Waals surface area contributed by atoms with Gasteiger partial charge in [0.05, 0.1) is 6.61 Å². The number of amides is 1. The second-order valence-electron chi connectivity index (χ2n) is 2.88. The Morgan fingerprint density at radius 1 is 1.46 bits per heavy atom. The van der Waals surface area contributed by atoms with Gasteiger partial charge in [0.1, 0.15) is 0 Å². The molecule has 0 aromatic rings. The van der Waals surface area contributed by atoms with E-state index in [-0.39, 0.29) is 5.92 Å². The van der Waals surface area contributed by atoms with Crippen LogP contribution in [0.1, 0.15) is 20.8 Å². The van der Waals surface area contributed by atoms with Crippen molar-refractivity contribution < 1.29 is 14.3 Å². The van der Waals surface area contributed by atoms with Crippen LogP contribution in [-0.4, -0.2) is 18.5 Å². The first-order chi connectivity index (χ1) is 5.99. The molecule has 0 aliphatic carbocycles. The molecule has 4 nitrogen and oxygen atoms in total. The van der Waals surface area contributed by atoms with Gasteiger partial charge in [-0.05, 0) is 12.8 Å². The van der Waals surface area contributed by atoms with E-state index in [0.717, 1.165) is 6.08 Å². The van der Waals surface area contributed by atoms with E-state index in [0.29, 0.717) is 12.2 Å². The lowest BCUT2D eigenvalue weighted by Crippen LogP contribution is -2.16. The summed E-state index contributed by atoms with van der Waals surface area (Å²) < 4.78 is 4.75. The third kappa shape index (κ3) is 4.30. The van der Waals surface area contributed by atoms with Crippen LogP contribution in [0.25, 0.3) is 0 Å². The van der Waals surface area contributed by atoms with Gasteiger partial charge in [-0.1, -0.05) is 13.8 Å². The van der Waals surface area contributed by atoms with E-state index in [9.17, 15) is 9.59 Å². The van der Waals surface area contributed by atoms with Crippen LogP contribution >= 0.6 is 0 Å². The molecule has 0 aromatic carbocycles. The van der Waals surface area contributed by atoms with Crippen molar-refractivity contribution in [2.75, 3.05) is 6.61 Å². The van der Waals surface area contributed by atoms with E-state index in [1.54, 1.807) is 20.8 Å². The summed E-state index contributed by atoms with van der Waals surface area (Å²) in [7, 11) is 0. The van der Waals surface area contributed by atoms with E-state index >= 15 is 0 Å². The normalized spacial score (nSPS) is 11.5. The molecule has 0 aliphatic rings. The summed E-state index contributed by atoms with van der Waals surface area (Å²) in [4.78, 5) is 21.8. The molecular weight excluding hydrogens is 170 g/mol. The summed E-state index contributed by atoms with van der Waals surface area (Å²) in [6.07, 6.45) is 1.11. The van der Waals surface area contributed by atoms with Gasteiger partial charge >= 0.3 is 5.97 Å². The standard InChI is InChI=1S/C9H15NO3/c1-4-13-9(12)7(6(2)3)5-8(10)11/h5-6H,4H2,1-3H3,(H2,10,11)/b7-5-. The third-order valence-electron chi connectivity index (χ3n) is 1.43. The van der Waals surface area contributed by atoms with Crippen LogP contribution < -0.4 is 5.73 Å². The van der Waals surface area contributed by atoms with Crippen LogP contribution in [0.5, 0.6) is 0 Å². The topological polar surface area (TPSA) is 69.4 Å². The molecule has 0 heterocycles. The molecular formula is C9H15NO3. The van der Waals surface area contributed by atoms with Gasteiger partial charge in [0.25, 0.3) is 0 Å². The van der Waals surface area contributed by atoms with Crippen molar-refractivity contribution in [2.45, 2.75) is 20.8 Å². The van der Waals surface area contributed by atoms with Crippen molar-refractivity contribution in [3.05, 3.63) is 11.6 Å². The Balaban J connectivity index is 4.61. The van der Waals surface area contributed by atoms with Crippen LogP contribution in [0.3, 0.4) is 0 Å². The van der Waals surface area contributed by atoms with Gasteiger partial charge in [-0.25, -0.2) is 4.79 Å². The van der Waals surface area contributed by atoms with E-state index < -0.39 is 11.9 Å². The molecule has 1 amide bonds. The second-order valence-corrected chi connectivity index (χ2v) is 2.88. The first kappa shape index (κ1) is 11.7. The molecule has 0 saturated heterocycles. The second kappa shape index (κ2) is 5.35. The highest BCUT2D eigenvalue weighted by Gasteiger charge is 2.14. The predicted molar refractivity (Wildman–Crippen MR) is 48.7 cm³/mol. The summed E-state index contributed by atoms with van der Waals surface area (Å²) in [6.45, 7) is 5.60. The van der Waals surface area contributed by atoms with E-state index in [1.807, 2.05) is 0 Å². The SMILES string of the molecule is CCOC(=O)/C(=C\C(N)=O)C(C)C. The summed E-state index contributed by atoms with van der Waals surface area (Å²) in [5.41, 5.74) is 5.26. The van der Waals surface area contributed by atoms with Gasteiger partial charge in [0.15, 0.2) is 0 Å². The first-order valence-corrected chi connectivity index (χ1v) is 4.17. The van der Waals surface area contributed by atoms with Gasteiger partial charge in [-0.15, -0.1) is 0 Å². The van der Waals surface area contributed by atoms with Gasteiger partial charge in [0, 0.05) is 11.6 Å². The predicted octanol–water partition coefficient (Wildman–Crippen LogP) is 0.617. The number of hydrogen-bond acceptors (Lipinski definition) is 3. The van der Waals surface area contributed by atoms with E-state index in [4.69, 9.17) is 10.5 Å². The lowest BCUT2D eigenvalue weighted by molar-refractivity contribution is -0.139. The van der Waals surface area contributed by atoms with Gasteiger partial charge in [-0.2, -0.15) is 0 Å². The van der Waals surface area contributed by atoms with Crippen molar-refractivity contribution in [1.82, 2.24) is 0 Å². The van der Waals surface area contributed by atoms with Crippen LogP contribution in [0.4, 0.5) is 0 Å². The van der Waals surface area contributed by atoms with Crippen LogP contribution in [0, 0.1) is 5.92 Å². The number of primary amides is 1. The number of hydrogen-bond donors (Lipinski definition) is 1. The molecule has 0 atom stereocenters. The maximum Gasteiger partial charge on any atom is 0.334 e. The maximum absolute atomic E-state index is 11.2. The number of nitrogens with two attached hydrogens (primary N) is 1. The average molecular weight is 185 g/mol. The zero-order valence-corrected chi connectivity index (χ0v) is 8.16. The molecule has 2 N–H and O–H groups in total. The van der Waals surface area contributed by atoms with Crippen molar-refractivity contribution in [1.29, 1.82) is 0 Å². The Morgan fingerprint density at radius 2 is 2.00 bits per heavy atom. The molecule has 0 radical (unpaired) electrons. The number of rotatable bonds is 4. The largest absolute Gasteiger partial charge is 0.463 e. The molecule has 0 aliphatic heterocycles. The van der Waals surface area contributed by atoms with Gasteiger partial charge in [0.2, 0.25) is 5.91 Å². The fourth-order valence-electron chi connectivity index (χ4n) is 0.829. The molecule has 0 fully saturated rings. The third-order valence-corrected chi connectivity index (χ3v) is 1.43. The number of esters is 1. The monoisotopic (exact) mass is 185 g/mol. The van der Waals surface area contributed by atoms with E-state index in [2.05, 4.69) is 0 Å². The van der Waals surface area contributed by atoms with Crippen molar-refractivity contribution in [2.24, 2.45) is 11.7 Å². The number of carbonyl (C=O) groups is 2. The zero-order chi connectivity index (χ0) is 10.4. The van der Waals surface area contributed by atoms with Crippen molar-refractivity contribution in [3.63, 3.8) is 0 Å². The van der Waals surface area contributed by atoms with Crippen molar-refractivity contribution in [3.8, 4) is 0 Å². The maximum atomic E-state index is 11.2. The Labute approximate surface area is 77.7 Å². The molecule has 0 aromatic heterocycles. The van der Waals surface area contributed by atoms with Gasteiger partial charge in [-0.3, -0.25) is 4.79 Å². The molecule has 0 rings (SSSR count). The van der Waals surface area contributed by atoms with E-state index in [1.165, 1.54) is 0 Å². The minimum absolute atomic E-state index is 0.0634. The van der Waals surface area contributed by atoms with Crippen molar-refractivity contribution >= 4 is 11.9 Å². The molecule has 0 saturated carbocycles. The van der Waals surface area contributed by atoms with Crippen LogP contribution in [0.2, 0.25) is 0 Å². The summed E-state index contributed by atoms with van der Waals surface area (Å²) in [5.74, 6) is -1.17. The first-order valence-electron chi connectivity index (χ1n) is 4.17. The average Bonchev–Trinajstić information content (AvgIpc) is 1.99. The molecule has 74 valence electrons. The zero-order valence-electron chi connectivity index (χ0n) is 8.16. The Hall–Kier alpha value is -1.32. The molecule has 0 bridgehead atoms. The summed E-state index contributed by atoms with van der Waals surface area (Å²) in [5, 5.41) is 0. The Kier molecular flexibility index (Phi) is 4.80. The minimum Gasteiger partial charge on any atom is -0.463 e. The fraction of sp³-hybridized carbons (Fsp3) is 0.556. The summed E-state index contributed by atoms with van der Waals surface area (Å²) in [6, 6.07) is 0. The highest BCUT2D eigenvalue weighted by atomic mass is 16.5. The smallest absolute Gasteiger partial charge is 0.334 e. The minimum atomic E-state index is -0.628. The highest BCUT2D eigenvalue weighted by molar-refractivity contribution is 5.98. The van der Waals surface area contributed by atoms with Crippen LogP contribution in [0.15, 0.2) is 11.6 Å². The quantitative estimate of drug-likeness (QED) is 0.515. The molecule has 13 heavy (non-hydrogen) atoms. The summed E-state index contributed by atoms with van der Waals surface area (Å²) >= 11 is 0. The van der Waals surface area contributed by atoms with Gasteiger partial charge < -0.3 is 10.5 Å². The lowest BCUT2D eigenvalue weighted by atomic mass is 10.0. The Bertz CT molecular complexity index is 231. The van der Waals surface area contributed by atoms with Crippen LogP contribution in [-0.2, 0) is 14.3 Å².